The van der Waals surface area contributed by atoms with Crippen LogP contribution in [0.15, 0.2) is 42.5 Å². The number of benzene rings is 2. The van der Waals surface area contributed by atoms with Crippen molar-refractivity contribution in [1.29, 1.82) is 0 Å². The normalized spacial score (nSPS) is 13.2. The molecule has 1 aliphatic heterocycles. The molecule has 1 aliphatic rings. The van der Waals surface area contributed by atoms with Gasteiger partial charge in [0.15, 0.2) is 6.61 Å². The molecule has 124 valence electrons. The molecule has 1 amide bonds. The van der Waals surface area contributed by atoms with Crippen LogP contribution in [0.25, 0.3) is 0 Å². The van der Waals surface area contributed by atoms with E-state index in [-0.39, 0.29) is 31.2 Å². The maximum absolute atomic E-state index is 12.1. The molecular formula is C17H14ClNO5. The number of amides is 1. The molecule has 0 spiro atoms. The predicted octanol–water partition coefficient (Wildman–Crippen LogP) is 2.84. The summed E-state index contributed by atoms with van der Waals surface area (Å²) in [5.41, 5.74) is 0.529. The van der Waals surface area contributed by atoms with Gasteiger partial charge in [0.05, 0.1) is 17.8 Å². The maximum atomic E-state index is 12.1. The summed E-state index contributed by atoms with van der Waals surface area (Å²) in [6.45, 7) is 0.450. The molecule has 1 heterocycles. The van der Waals surface area contributed by atoms with E-state index in [4.69, 9.17) is 26.2 Å². The van der Waals surface area contributed by atoms with E-state index in [9.17, 15) is 9.59 Å². The molecule has 7 heteroatoms. The second-order valence-corrected chi connectivity index (χ2v) is 5.56. The Kier molecular flexibility index (Phi) is 4.57. The van der Waals surface area contributed by atoms with E-state index in [0.29, 0.717) is 22.2 Å². The second kappa shape index (κ2) is 6.80. The summed E-state index contributed by atoms with van der Waals surface area (Å²) >= 11 is 5.81. The second-order valence-electron chi connectivity index (χ2n) is 5.12. The zero-order valence-corrected chi connectivity index (χ0v) is 13.3. The Bertz CT molecular complexity index is 775. The minimum atomic E-state index is -1.06. The highest BCUT2D eigenvalue weighted by Crippen LogP contribution is 2.32. The van der Waals surface area contributed by atoms with E-state index >= 15 is 0 Å². The van der Waals surface area contributed by atoms with Gasteiger partial charge < -0.3 is 19.5 Å². The van der Waals surface area contributed by atoms with Crippen molar-refractivity contribution in [3.8, 4) is 11.5 Å². The molecular weight excluding hydrogens is 334 g/mol. The summed E-state index contributed by atoms with van der Waals surface area (Å²) in [5, 5.41) is 9.72. The number of anilines is 1. The molecule has 0 saturated heterocycles. The van der Waals surface area contributed by atoms with Gasteiger partial charge in [-0.25, -0.2) is 4.79 Å². The molecule has 0 bridgehead atoms. The highest BCUT2D eigenvalue weighted by Gasteiger charge is 2.26. The summed E-state index contributed by atoms with van der Waals surface area (Å²) in [7, 11) is 0. The number of carboxylic acid groups (broad SMARTS) is 1. The minimum Gasteiger partial charge on any atom is -0.492 e. The number of hydrogen-bond acceptors (Lipinski definition) is 4. The van der Waals surface area contributed by atoms with Gasteiger partial charge in [-0.05, 0) is 42.5 Å². The van der Waals surface area contributed by atoms with Gasteiger partial charge in [0.25, 0.3) is 5.91 Å². The largest absolute Gasteiger partial charge is 0.492 e. The molecule has 2 aromatic carbocycles. The van der Waals surface area contributed by atoms with Crippen molar-refractivity contribution in [2.24, 2.45) is 0 Å². The van der Waals surface area contributed by atoms with Crippen LogP contribution in [-0.4, -0.2) is 36.7 Å². The first kappa shape index (κ1) is 16.1. The number of carbonyl (C=O) groups excluding carboxylic acids is 1. The number of hydrogen-bond donors (Lipinski definition) is 1. The summed E-state index contributed by atoms with van der Waals surface area (Å²) < 4.78 is 10.9. The molecule has 0 unspecified atom stereocenters. The lowest BCUT2D eigenvalue weighted by molar-refractivity contribution is -0.121. The van der Waals surface area contributed by atoms with Gasteiger partial charge in [0, 0.05) is 5.02 Å². The molecule has 2 aromatic rings. The summed E-state index contributed by atoms with van der Waals surface area (Å²) in [5.74, 6) is -0.191. The molecule has 0 aliphatic carbocycles. The first-order valence-electron chi connectivity index (χ1n) is 7.23. The van der Waals surface area contributed by atoms with Crippen molar-refractivity contribution in [1.82, 2.24) is 0 Å². The van der Waals surface area contributed by atoms with E-state index in [1.807, 2.05) is 0 Å². The van der Waals surface area contributed by atoms with Gasteiger partial charge in [-0.15, -0.1) is 0 Å². The maximum Gasteiger partial charge on any atom is 0.335 e. The Morgan fingerprint density at radius 1 is 1.25 bits per heavy atom. The molecule has 3 rings (SSSR count). The van der Waals surface area contributed by atoms with E-state index in [1.54, 1.807) is 30.3 Å². The van der Waals surface area contributed by atoms with Gasteiger partial charge in [0.1, 0.15) is 18.1 Å². The number of ether oxygens (including phenoxy) is 2. The fraction of sp³-hybridized carbons (Fsp3) is 0.176. The molecule has 6 nitrogen and oxygen atoms in total. The third kappa shape index (κ3) is 3.44. The van der Waals surface area contributed by atoms with Crippen LogP contribution in [-0.2, 0) is 4.79 Å². The van der Waals surface area contributed by atoms with Crippen LogP contribution in [0.3, 0.4) is 0 Å². The fourth-order valence-electron chi connectivity index (χ4n) is 2.37. The van der Waals surface area contributed by atoms with Crippen LogP contribution in [0, 0.1) is 0 Å². The molecule has 0 fully saturated rings. The van der Waals surface area contributed by atoms with Crippen molar-refractivity contribution < 1.29 is 24.2 Å². The Morgan fingerprint density at radius 2 is 2.00 bits per heavy atom. The minimum absolute atomic E-state index is 0.0830. The lowest BCUT2D eigenvalue weighted by atomic mass is 10.1. The van der Waals surface area contributed by atoms with Crippen molar-refractivity contribution in [3.63, 3.8) is 0 Å². The number of rotatable bonds is 5. The standard InChI is InChI=1S/C17H14ClNO5/c18-12-2-4-13(5-3-12)23-8-7-19-14-9-11(17(21)22)1-6-15(14)24-10-16(19)20/h1-6,9H,7-8,10H2,(H,21,22). The number of carboxylic acids is 1. The SMILES string of the molecule is O=C(O)c1ccc2c(c1)N(CCOc1ccc(Cl)cc1)C(=O)CO2. The monoisotopic (exact) mass is 347 g/mol. The third-order valence-corrected chi connectivity index (χ3v) is 3.80. The first-order valence-corrected chi connectivity index (χ1v) is 7.61. The van der Waals surface area contributed by atoms with E-state index in [1.165, 1.54) is 17.0 Å². The van der Waals surface area contributed by atoms with Crippen molar-refractivity contribution >= 4 is 29.2 Å². The molecule has 24 heavy (non-hydrogen) atoms. The number of carbonyl (C=O) groups is 2. The lowest BCUT2D eigenvalue weighted by Crippen LogP contribution is -2.41. The average Bonchev–Trinajstić information content (AvgIpc) is 2.58. The van der Waals surface area contributed by atoms with Crippen LogP contribution in [0.5, 0.6) is 11.5 Å². The number of halogens is 1. The van der Waals surface area contributed by atoms with Gasteiger partial charge in [-0.2, -0.15) is 0 Å². The van der Waals surface area contributed by atoms with Gasteiger partial charge in [-0.3, -0.25) is 4.79 Å². The van der Waals surface area contributed by atoms with E-state index in [0.717, 1.165) is 0 Å². The van der Waals surface area contributed by atoms with Crippen LogP contribution in [0.2, 0.25) is 5.02 Å². The highest BCUT2D eigenvalue weighted by atomic mass is 35.5. The van der Waals surface area contributed by atoms with E-state index < -0.39 is 5.97 Å². The van der Waals surface area contributed by atoms with Crippen molar-refractivity contribution in [3.05, 3.63) is 53.1 Å². The molecule has 0 saturated carbocycles. The van der Waals surface area contributed by atoms with E-state index in [2.05, 4.69) is 0 Å². The predicted molar refractivity (Wildman–Crippen MR) is 88.2 cm³/mol. The summed E-state index contributed by atoms with van der Waals surface area (Å²) in [4.78, 5) is 24.7. The number of nitrogens with zero attached hydrogens (tertiary/aromatic N) is 1. The van der Waals surface area contributed by atoms with Crippen molar-refractivity contribution in [2.75, 3.05) is 24.7 Å². The van der Waals surface area contributed by atoms with Crippen LogP contribution < -0.4 is 14.4 Å². The Balaban J connectivity index is 1.73. The van der Waals surface area contributed by atoms with Gasteiger partial charge in [0.2, 0.25) is 0 Å². The van der Waals surface area contributed by atoms with Gasteiger partial charge >= 0.3 is 5.97 Å². The topological polar surface area (TPSA) is 76.1 Å². The Morgan fingerprint density at radius 3 is 2.71 bits per heavy atom. The molecule has 0 atom stereocenters. The Hall–Kier alpha value is -2.73. The zero-order chi connectivity index (χ0) is 17.1. The summed E-state index contributed by atoms with van der Waals surface area (Å²) in [6, 6.07) is 11.3. The molecule has 0 radical (unpaired) electrons. The lowest BCUT2D eigenvalue weighted by Gasteiger charge is -2.29. The average molecular weight is 348 g/mol. The van der Waals surface area contributed by atoms with Crippen LogP contribution in [0.4, 0.5) is 5.69 Å². The fourth-order valence-corrected chi connectivity index (χ4v) is 2.49. The zero-order valence-electron chi connectivity index (χ0n) is 12.6. The van der Waals surface area contributed by atoms with Crippen LogP contribution >= 0.6 is 11.6 Å². The first-order chi connectivity index (χ1) is 11.5. The summed E-state index contributed by atoms with van der Waals surface area (Å²) in [6.07, 6.45) is 0. The quantitative estimate of drug-likeness (QED) is 0.900. The molecule has 1 N–H and O–H groups in total. The Labute approximate surface area is 143 Å². The van der Waals surface area contributed by atoms with Gasteiger partial charge in [-0.1, -0.05) is 11.6 Å². The number of fused-ring (bicyclic) bond motifs is 1. The van der Waals surface area contributed by atoms with Crippen molar-refractivity contribution in [2.45, 2.75) is 0 Å². The smallest absolute Gasteiger partial charge is 0.335 e. The van der Waals surface area contributed by atoms with Crippen LogP contribution in [0.1, 0.15) is 10.4 Å². The number of aromatic carboxylic acids is 1. The third-order valence-electron chi connectivity index (χ3n) is 3.55. The highest BCUT2D eigenvalue weighted by molar-refractivity contribution is 6.30. The molecule has 0 aromatic heterocycles.